The first kappa shape index (κ1) is 23.3. The number of carbonyl (C=O) groups is 1. The first-order chi connectivity index (χ1) is 16.2. The fourth-order valence-electron chi connectivity index (χ4n) is 3.98. The standard InChI is InChI=1S/C29H27FN2O2/c1-18-7-6-14-31-27(18)25-15-19(28(33)34-5)8-11-23(25)22-12-9-20(29(2,3)4)16-24(22)26-13-10-21(30)17-32-26/h6-17H,1-5H3. The van der Waals surface area contributed by atoms with Gasteiger partial charge in [-0.25, -0.2) is 9.18 Å². The number of carbonyl (C=O) groups excluding carboxylic acids is 1. The van der Waals surface area contributed by atoms with Gasteiger partial charge in [-0.3, -0.25) is 9.97 Å². The molecule has 5 heteroatoms. The Balaban J connectivity index is 2.03. The van der Waals surface area contributed by atoms with Crippen molar-refractivity contribution in [1.29, 1.82) is 0 Å². The molecule has 0 spiro atoms. The van der Waals surface area contributed by atoms with E-state index in [-0.39, 0.29) is 11.2 Å². The van der Waals surface area contributed by atoms with Crippen molar-refractivity contribution in [2.45, 2.75) is 33.1 Å². The second-order valence-corrected chi connectivity index (χ2v) is 9.29. The van der Waals surface area contributed by atoms with E-state index in [4.69, 9.17) is 4.74 Å². The highest BCUT2D eigenvalue weighted by Crippen LogP contribution is 2.40. The summed E-state index contributed by atoms with van der Waals surface area (Å²) in [4.78, 5) is 21.3. The van der Waals surface area contributed by atoms with Crippen molar-refractivity contribution in [2.75, 3.05) is 7.11 Å². The van der Waals surface area contributed by atoms with Crippen molar-refractivity contribution in [1.82, 2.24) is 9.97 Å². The summed E-state index contributed by atoms with van der Waals surface area (Å²) in [7, 11) is 1.37. The van der Waals surface area contributed by atoms with Crippen LogP contribution in [0, 0.1) is 12.7 Å². The van der Waals surface area contributed by atoms with E-state index in [1.54, 1.807) is 18.3 Å². The molecule has 2 aromatic carbocycles. The first-order valence-electron chi connectivity index (χ1n) is 11.1. The zero-order valence-corrected chi connectivity index (χ0v) is 20.0. The van der Waals surface area contributed by atoms with Crippen LogP contribution in [-0.2, 0) is 10.2 Å². The van der Waals surface area contributed by atoms with Gasteiger partial charge in [-0.2, -0.15) is 0 Å². The maximum absolute atomic E-state index is 13.7. The topological polar surface area (TPSA) is 52.1 Å². The summed E-state index contributed by atoms with van der Waals surface area (Å²) >= 11 is 0. The number of benzene rings is 2. The molecule has 34 heavy (non-hydrogen) atoms. The highest BCUT2D eigenvalue weighted by molar-refractivity contribution is 5.96. The molecule has 172 valence electrons. The van der Waals surface area contributed by atoms with E-state index in [2.05, 4.69) is 48.9 Å². The number of hydrogen-bond donors (Lipinski definition) is 0. The Kier molecular flexibility index (Phi) is 6.29. The van der Waals surface area contributed by atoms with Crippen LogP contribution in [0.1, 0.15) is 42.3 Å². The van der Waals surface area contributed by atoms with Crippen molar-refractivity contribution in [3.8, 4) is 33.6 Å². The van der Waals surface area contributed by atoms with E-state index in [0.29, 0.717) is 11.3 Å². The van der Waals surface area contributed by atoms with Crippen LogP contribution in [0.4, 0.5) is 4.39 Å². The molecular weight excluding hydrogens is 427 g/mol. The Labute approximate surface area is 199 Å². The lowest BCUT2D eigenvalue weighted by atomic mass is 9.82. The SMILES string of the molecule is COC(=O)c1ccc(-c2ccc(C(C)(C)C)cc2-c2ccc(F)cn2)c(-c2ncccc2C)c1. The normalized spacial score (nSPS) is 11.4. The van der Waals surface area contributed by atoms with Gasteiger partial charge < -0.3 is 4.74 Å². The fraction of sp³-hybridized carbons (Fsp3) is 0.207. The van der Waals surface area contributed by atoms with Crippen LogP contribution in [0.25, 0.3) is 33.6 Å². The summed E-state index contributed by atoms with van der Waals surface area (Å²) in [6.07, 6.45) is 2.97. The second kappa shape index (κ2) is 9.18. The largest absolute Gasteiger partial charge is 0.465 e. The molecule has 0 atom stereocenters. The van der Waals surface area contributed by atoms with E-state index in [9.17, 15) is 9.18 Å². The number of hydrogen-bond acceptors (Lipinski definition) is 4. The molecule has 0 N–H and O–H groups in total. The van der Waals surface area contributed by atoms with E-state index in [1.165, 1.54) is 19.4 Å². The molecule has 4 rings (SSSR count). The van der Waals surface area contributed by atoms with Crippen molar-refractivity contribution in [2.24, 2.45) is 0 Å². The number of ether oxygens (including phenoxy) is 1. The van der Waals surface area contributed by atoms with Crippen LogP contribution < -0.4 is 0 Å². The van der Waals surface area contributed by atoms with Gasteiger partial charge in [0.1, 0.15) is 5.82 Å². The molecule has 4 aromatic rings. The number of esters is 1. The summed E-state index contributed by atoms with van der Waals surface area (Å²) in [6, 6.07) is 18.7. The molecule has 0 saturated heterocycles. The fourth-order valence-corrected chi connectivity index (χ4v) is 3.98. The lowest BCUT2D eigenvalue weighted by Gasteiger charge is -2.22. The van der Waals surface area contributed by atoms with Gasteiger partial charge in [-0.1, -0.05) is 45.0 Å². The van der Waals surface area contributed by atoms with Crippen molar-refractivity contribution in [3.05, 3.63) is 95.6 Å². The van der Waals surface area contributed by atoms with Gasteiger partial charge in [-0.15, -0.1) is 0 Å². The highest BCUT2D eigenvalue weighted by Gasteiger charge is 2.21. The summed E-state index contributed by atoms with van der Waals surface area (Å²) in [5.74, 6) is -0.797. The number of pyridine rings is 2. The van der Waals surface area contributed by atoms with Crippen LogP contribution in [-0.4, -0.2) is 23.0 Å². The maximum atomic E-state index is 13.7. The molecule has 0 fully saturated rings. The molecule has 0 aliphatic heterocycles. The zero-order valence-electron chi connectivity index (χ0n) is 20.0. The molecule has 0 amide bonds. The number of nitrogens with zero attached hydrogens (tertiary/aromatic N) is 2. The van der Waals surface area contributed by atoms with Crippen LogP contribution in [0.3, 0.4) is 0 Å². The number of halogens is 1. The lowest BCUT2D eigenvalue weighted by Crippen LogP contribution is -2.11. The quantitative estimate of drug-likeness (QED) is 0.311. The number of aryl methyl sites for hydroxylation is 1. The predicted molar refractivity (Wildman–Crippen MR) is 133 cm³/mol. The highest BCUT2D eigenvalue weighted by atomic mass is 19.1. The molecule has 0 saturated carbocycles. The molecule has 2 aromatic heterocycles. The summed E-state index contributed by atoms with van der Waals surface area (Å²) in [5, 5.41) is 0. The van der Waals surface area contributed by atoms with Crippen LogP contribution in [0.2, 0.25) is 0 Å². The summed E-state index contributed by atoms with van der Waals surface area (Å²) < 4.78 is 18.6. The molecule has 0 aliphatic carbocycles. The van der Waals surface area contributed by atoms with E-state index in [1.807, 2.05) is 31.2 Å². The smallest absolute Gasteiger partial charge is 0.337 e. The molecule has 0 radical (unpaired) electrons. The molecule has 0 unspecified atom stereocenters. The van der Waals surface area contributed by atoms with E-state index < -0.39 is 5.97 Å². The van der Waals surface area contributed by atoms with Crippen LogP contribution >= 0.6 is 0 Å². The minimum atomic E-state index is -0.412. The van der Waals surface area contributed by atoms with Crippen LogP contribution in [0.15, 0.2) is 73.1 Å². The monoisotopic (exact) mass is 454 g/mol. The summed E-state index contributed by atoms with van der Waals surface area (Å²) in [6.45, 7) is 8.44. The number of aromatic nitrogens is 2. The second-order valence-electron chi connectivity index (χ2n) is 9.29. The van der Waals surface area contributed by atoms with E-state index in [0.717, 1.165) is 39.1 Å². The summed E-state index contributed by atoms with van der Waals surface area (Å²) in [5.41, 5.74) is 7.45. The third-order valence-corrected chi connectivity index (χ3v) is 5.88. The van der Waals surface area contributed by atoms with Crippen molar-refractivity contribution in [3.63, 3.8) is 0 Å². The number of methoxy groups -OCH3 is 1. The Hall–Kier alpha value is -3.86. The molecule has 0 bridgehead atoms. The average molecular weight is 455 g/mol. The molecular formula is C29H27FN2O2. The van der Waals surface area contributed by atoms with Gasteiger partial charge in [0.05, 0.1) is 30.3 Å². The molecule has 0 aliphatic rings. The average Bonchev–Trinajstić information content (AvgIpc) is 2.83. The number of rotatable bonds is 4. The Morgan fingerprint density at radius 3 is 2.26 bits per heavy atom. The van der Waals surface area contributed by atoms with Gasteiger partial charge in [0.15, 0.2) is 0 Å². The van der Waals surface area contributed by atoms with Gasteiger partial charge in [0.2, 0.25) is 0 Å². The molecule has 4 nitrogen and oxygen atoms in total. The minimum Gasteiger partial charge on any atom is -0.465 e. The lowest BCUT2D eigenvalue weighted by molar-refractivity contribution is 0.0601. The van der Waals surface area contributed by atoms with Gasteiger partial charge in [-0.05, 0) is 71.0 Å². The van der Waals surface area contributed by atoms with Crippen LogP contribution in [0.5, 0.6) is 0 Å². The van der Waals surface area contributed by atoms with Gasteiger partial charge in [0.25, 0.3) is 0 Å². The Morgan fingerprint density at radius 1 is 0.882 bits per heavy atom. The molecule has 2 heterocycles. The predicted octanol–water partition coefficient (Wildman–Crippen LogP) is 7.01. The third-order valence-electron chi connectivity index (χ3n) is 5.88. The van der Waals surface area contributed by atoms with Gasteiger partial charge in [0, 0.05) is 17.3 Å². The Morgan fingerprint density at radius 2 is 1.62 bits per heavy atom. The van der Waals surface area contributed by atoms with E-state index >= 15 is 0 Å². The van der Waals surface area contributed by atoms with Crippen molar-refractivity contribution < 1.29 is 13.9 Å². The van der Waals surface area contributed by atoms with Gasteiger partial charge >= 0.3 is 5.97 Å². The minimum absolute atomic E-state index is 0.0809. The van der Waals surface area contributed by atoms with Crippen molar-refractivity contribution >= 4 is 5.97 Å². The Bertz CT molecular complexity index is 1360. The maximum Gasteiger partial charge on any atom is 0.337 e. The zero-order chi connectivity index (χ0) is 24.5. The first-order valence-corrected chi connectivity index (χ1v) is 11.1. The third kappa shape index (κ3) is 4.60.